The van der Waals surface area contributed by atoms with Crippen molar-refractivity contribution in [2.75, 3.05) is 5.75 Å². The molecule has 42 valence electrons. The van der Waals surface area contributed by atoms with E-state index in [4.69, 9.17) is 15.8 Å². The van der Waals surface area contributed by atoms with Crippen LogP contribution in [0.15, 0.2) is 0 Å². The summed E-state index contributed by atoms with van der Waals surface area (Å²) in [6.45, 7) is 1.42. The van der Waals surface area contributed by atoms with Crippen molar-refractivity contribution in [3.63, 3.8) is 0 Å². The van der Waals surface area contributed by atoms with Crippen LogP contribution in [0.3, 0.4) is 0 Å². The molecule has 1 aliphatic rings. The maximum atomic E-state index is 5.61. The van der Waals surface area contributed by atoms with E-state index in [0.717, 1.165) is 5.75 Å². The number of halogens is 1. The van der Waals surface area contributed by atoms with Crippen LogP contribution < -0.4 is 0 Å². The van der Waals surface area contributed by atoms with E-state index in [1.54, 1.807) is 11.4 Å². The van der Waals surface area contributed by atoms with Crippen LogP contribution in [0.25, 0.3) is 0 Å². The molecule has 1 fully saturated rings. The van der Waals surface area contributed by atoms with E-state index in [1.807, 2.05) is 6.92 Å². The van der Waals surface area contributed by atoms with E-state index in [1.165, 1.54) is 0 Å². The van der Waals surface area contributed by atoms with Crippen LogP contribution in [-0.4, -0.2) is 11.9 Å². The van der Waals surface area contributed by atoms with Crippen molar-refractivity contribution in [2.24, 2.45) is 0 Å². The van der Waals surface area contributed by atoms with Gasteiger partial charge in [-0.1, -0.05) is 22.6 Å². The van der Waals surface area contributed by atoms with Crippen LogP contribution in [0.1, 0.15) is 6.92 Å². The third-order valence-electron chi connectivity index (χ3n) is 0.674. The van der Waals surface area contributed by atoms with Gasteiger partial charge in [0.15, 0.2) is 6.70 Å². The summed E-state index contributed by atoms with van der Waals surface area (Å²) in [4.78, 5) is 0. The lowest BCUT2D eigenvalue weighted by Crippen LogP contribution is -1.97. The Balaban J connectivity index is 2.26. The number of hydrogen-bond donors (Lipinski definition) is 0. The van der Waals surface area contributed by atoms with Gasteiger partial charge in [-0.15, -0.1) is 0 Å². The summed E-state index contributed by atoms with van der Waals surface area (Å²) in [6, 6.07) is 0. The highest BCUT2D eigenvalue weighted by atomic mass is 35.7. The van der Waals surface area contributed by atoms with E-state index in [0.29, 0.717) is 6.10 Å². The molecule has 1 heterocycles. The summed E-state index contributed by atoms with van der Waals surface area (Å²) in [6.07, 6.45) is 0.383. The maximum absolute atomic E-state index is 5.61. The highest BCUT2D eigenvalue weighted by Crippen LogP contribution is 2.61. The average molecular weight is 157 g/mol. The van der Waals surface area contributed by atoms with Crippen LogP contribution >= 0.6 is 29.3 Å². The quantitative estimate of drug-likeness (QED) is 0.499. The van der Waals surface area contributed by atoms with Crippen molar-refractivity contribution < 1.29 is 4.52 Å². The number of hydrogen-bond acceptors (Lipinski definition) is 2. The van der Waals surface area contributed by atoms with Crippen LogP contribution in [0.5, 0.6) is 0 Å². The fourth-order valence-electron chi connectivity index (χ4n) is 0.366. The molecule has 0 radical (unpaired) electrons. The molecule has 1 unspecified atom stereocenters. The molecular formula is C3H6ClOPS. The van der Waals surface area contributed by atoms with Gasteiger partial charge in [0.1, 0.15) is 0 Å². The fraction of sp³-hybridized carbons (Fsp3) is 1.00. The SMILES string of the molecule is C[C@@H]1CSP(Cl)O1. The average Bonchev–Trinajstić information content (AvgIpc) is 1.87. The van der Waals surface area contributed by atoms with Crippen LogP contribution in [-0.2, 0) is 4.52 Å². The summed E-state index contributed by atoms with van der Waals surface area (Å²) in [5, 5.41) is 0. The van der Waals surface area contributed by atoms with E-state index < -0.39 is 6.70 Å². The van der Waals surface area contributed by atoms with Gasteiger partial charge in [0, 0.05) is 5.75 Å². The monoisotopic (exact) mass is 156 g/mol. The Kier molecular flexibility index (Phi) is 2.23. The predicted octanol–water partition coefficient (Wildman–Crippen LogP) is 2.60. The van der Waals surface area contributed by atoms with Gasteiger partial charge in [0.2, 0.25) is 0 Å². The smallest absolute Gasteiger partial charge is 0.188 e. The van der Waals surface area contributed by atoms with E-state index in [9.17, 15) is 0 Å². The Morgan fingerprint density at radius 3 is 2.86 bits per heavy atom. The Bertz CT molecular complexity index is 64.0. The molecule has 0 N–H and O–H groups in total. The van der Waals surface area contributed by atoms with Gasteiger partial charge in [-0.2, -0.15) is 0 Å². The second-order valence-electron chi connectivity index (χ2n) is 1.42. The first-order valence-corrected chi connectivity index (χ1v) is 5.80. The van der Waals surface area contributed by atoms with Crippen LogP contribution in [0.4, 0.5) is 0 Å². The normalized spacial score (nSPS) is 42.0. The molecule has 1 aliphatic heterocycles. The Labute approximate surface area is 53.1 Å². The zero-order valence-corrected chi connectivity index (χ0v) is 6.39. The largest absolute Gasteiger partial charge is 0.331 e. The highest BCUT2D eigenvalue weighted by Gasteiger charge is 2.19. The summed E-state index contributed by atoms with van der Waals surface area (Å²) in [7, 11) is 0. The minimum absolute atomic E-state index is 0.383. The fourth-order valence-corrected chi connectivity index (χ4v) is 3.80. The van der Waals surface area contributed by atoms with E-state index in [-0.39, 0.29) is 0 Å². The molecule has 0 aromatic heterocycles. The number of rotatable bonds is 0. The molecule has 1 saturated heterocycles. The molecule has 7 heavy (non-hydrogen) atoms. The molecule has 0 saturated carbocycles. The zero-order valence-electron chi connectivity index (χ0n) is 3.93. The molecule has 0 aromatic carbocycles. The summed E-state index contributed by atoms with van der Waals surface area (Å²) < 4.78 is 5.15. The van der Waals surface area contributed by atoms with E-state index >= 15 is 0 Å². The summed E-state index contributed by atoms with van der Waals surface area (Å²) in [5.74, 6) is 1.06. The Morgan fingerprint density at radius 1 is 2.00 bits per heavy atom. The standard InChI is InChI=1S/C3H6ClOPS/c1-3-2-7-6(4)5-3/h3H,2H2,1H3/t3-,6?/m1/s1. The molecular weight excluding hydrogens is 151 g/mol. The van der Waals surface area contributed by atoms with E-state index in [2.05, 4.69) is 0 Å². The minimum atomic E-state index is -0.615. The van der Waals surface area contributed by atoms with Crippen molar-refractivity contribution in [1.29, 1.82) is 0 Å². The first kappa shape index (κ1) is 6.15. The van der Waals surface area contributed by atoms with Gasteiger partial charge in [0.25, 0.3) is 0 Å². The lowest BCUT2D eigenvalue weighted by atomic mass is 10.5. The lowest BCUT2D eigenvalue weighted by molar-refractivity contribution is 0.295. The molecule has 1 rings (SSSR count). The topological polar surface area (TPSA) is 9.23 Å². The van der Waals surface area contributed by atoms with Gasteiger partial charge in [-0.05, 0) is 6.92 Å². The van der Waals surface area contributed by atoms with Crippen LogP contribution in [0.2, 0.25) is 0 Å². The van der Waals surface area contributed by atoms with Gasteiger partial charge in [-0.25, -0.2) is 0 Å². The van der Waals surface area contributed by atoms with Crippen molar-refractivity contribution in [3.8, 4) is 0 Å². The van der Waals surface area contributed by atoms with Crippen molar-refractivity contribution in [1.82, 2.24) is 0 Å². The van der Waals surface area contributed by atoms with Crippen molar-refractivity contribution in [2.45, 2.75) is 13.0 Å². The highest BCUT2D eigenvalue weighted by molar-refractivity contribution is 8.61. The zero-order chi connectivity index (χ0) is 5.28. The molecule has 2 atom stereocenters. The molecule has 0 spiro atoms. The third-order valence-corrected chi connectivity index (χ3v) is 4.45. The first-order chi connectivity index (χ1) is 3.29. The van der Waals surface area contributed by atoms with Gasteiger partial charge < -0.3 is 4.52 Å². The van der Waals surface area contributed by atoms with Crippen molar-refractivity contribution in [3.05, 3.63) is 0 Å². The van der Waals surface area contributed by atoms with Gasteiger partial charge in [0.05, 0.1) is 6.10 Å². The Morgan fingerprint density at radius 2 is 2.71 bits per heavy atom. The molecule has 0 bridgehead atoms. The molecule has 0 aliphatic carbocycles. The lowest BCUT2D eigenvalue weighted by Gasteiger charge is -1.96. The molecule has 0 aromatic rings. The molecule has 4 heteroatoms. The first-order valence-electron chi connectivity index (χ1n) is 2.04. The maximum Gasteiger partial charge on any atom is 0.188 e. The molecule has 0 amide bonds. The Hall–Kier alpha value is 1.03. The van der Waals surface area contributed by atoms with Crippen LogP contribution in [0, 0.1) is 0 Å². The van der Waals surface area contributed by atoms with Gasteiger partial charge >= 0.3 is 0 Å². The predicted molar refractivity (Wildman–Crippen MR) is 35.8 cm³/mol. The summed E-state index contributed by atoms with van der Waals surface area (Å²) >= 11 is 7.33. The molecule has 1 nitrogen and oxygen atoms in total. The summed E-state index contributed by atoms with van der Waals surface area (Å²) in [5.41, 5.74) is 0. The third kappa shape index (κ3) is 1.77. The van der Waals surface area contributed by atoms with Gasteiger partial charge in [-0.3, -0.25) is 0 Å². The second kappa shape index (κ2) is 2.54. The second-order valence-corrected chi connectivity index (χ2v) is 5.94. The minimum Gasteiger partial charge on any atom is -0.331 e. The van der Waals surface area contributed by atoms with Crippen molar-refractivity contribution >= 4 is 29.3 Å².